The fourth-order valence-electron chi connectivity index (χ4n) is 2.22. The molecule has 0 bridgehead atoms. The minimum absolute atomic E-state index is 0.249. The van der Waals surface area contributed by atoms with E-state index in [2.05, 4.69) is 37.9 Å². The molecule has 3 aromatic rings. The highest BCUT2D eigenvalue weighted by Gasteiger charge is 2.16. The molecular formula is C15H10IN3O2. The number of halogens is 1. The second-order valence-corrected chi connectivity index (χ2v) is 5.82. The van der Waals surface area contributed by atoms with E-state index in [9.17, 15) is 0 Å². The number of anilines is 2. The first-order chi connectivity index (χ1) is 10.3. The van der Waals surface area contributed by atoms with Crippen molar-refractivity contribution in [2.75, 3.05) is 12.1 Å². The van der Waals surface area contributed by atoms with Gasteiger partial charge in [-0.2, -0.15) is 0 Å². The number of hydrogen-bond donors (Lipinski definition) is 1. The lowest BCUT2D eigenvalue weighted by Gasteiger charge is -2.09. The first-order valence-corrected chi connectivity index (χ1v) is 7.44. The van der Waals surface area contributed by atoms with Gasteiger partial charge in [-0.3, -0.25) is 0 Å². The van der Waals surface area contributed by atoms with Gasteiger partial charge in [-0.15, -0.1) is 0 Å². The molecule has 2 heterocycles. The van der Waals surface area contributed by atoms with Crippen LogP contribution in [0.2, 0.25) is 0 Å². The molecule has 0 amide bonds. The van der Waals surface area contributed by atoms with Gasteiger partial charge in [-0.05, 0) is 52.9 Å². The summed E-state index contributed by atoms with van der Waals surface area (Å²) >= 11 is 2.28. The van der Waals surface area contributed by atoms with Crippen molar-refractivity contribution >= 4 is 45.0 Å². The monoisotopic (exact) mass is 391 g/mol. The van der Waals surface area contributed by atoms with Crippen LogP contribution in [0, 0.1) is 3.57 Å². The third-order valence-corrected chi connectivity index (χ3v) is 3.96. The Morgan fingerprint density at radius 1 is 1.00 bits per heavy atom. The molecule has 0 saturated heterocycles. The molecule has 5 nitrogen and oxygen atoms in total. The zero-order valence-corrected chi connectivity index (χ0v) is 13.0. The minimum Gasteiger partial charge on any atom is -0.454 e. The Morgan fingerprint density at radius 3 is 2.57 bits per heavy atom. The van der Waals surface area contributed by atoms with E-state index in [0.717, 1.165) is 33.9 Å². The van der Waals surface area contributed by atoms with Gasteiger partial charge >= 0.3 is 0 Å². The molecule has 6 heteroatoms. The summed E-state index contributed by atoms with van der Waals surface area (Å²) in [6.45, 7) is 0.249. The van der Waals surface area contributed by atoms with Crippen LogP contribution in [0.3, 0.4) is 0 Å². The standard InChI is InChI=1S/C15H10IN3O2/c16-9-1-3-10(4-2-9)19-15-11-5-13-14(21-8-20-13)6-12(11)17-7-18-15/h1-7H,8H2,(H,17,18,19). The van der Waals surface area contributed by atoms with E-state index in [1.54, 1.807) is 6.33 Å². The molecule has 1 aliphatic heterocycles. The highest BCUT2D eigenvalue weighted by Crippen LogP contribution is 2.37. The smallest absolute Gasteiger partial charge is 0.231 e. The van der Waals surface area contributed by atoms with Gasteiger partial charge in [-0.25, -0.2) is 9.97 Å². The third-order valence-electron chi connectivity index (χ3n) is 3.24. The van der Waals surface area contributed by atoms with Crippen LogP contribution in [-0.2, 0) is 0 Å². The van der Waals surface area contributed by atoms with E-state index in [0.29, 0.717) is 0 Å². The van der Waals surface area contributed by atoms with Gasteiger partial charge < -0.3 is 14.8 Å². The maximum absolute atomic E-state index is 5.42. The molecule has 0 fully saturated rings. The predicted molar refractivity (Wildman–Crippen MR) is 88.1 cm³/mol. The molecule has 1 N–H and O–H groups in total. The Balaban J connectivity index is 1.79. The number of aromatic nitrogens is 2. The zero-order chi connectivity index (χ0) is 14.2. The fourth-order valence-corrected chi connectivity index (χ4v) is 2.58. The van der Waals surface area contributed by atoms with E-state index < -0.39 is 0 Å². The number of hydrogen-bond acceptors (Lipinski definition) is 5. The Hall–Kier alpha value is -2.09. The number of benzene rings is 2. The van der Waals surface area contributed by atoms with Crippen molar-refractivity contribution < 1.29 is 9.47 Å². The number of nitrogens with one attached hydrogen (secondary N) is 1. The summed E-state index contributed by atoms with van der Waals surface area (Å²) in [6, 6.07) is 11.9. The first kappa shape index (κ1) is 12.6. The van der Waals surface area contributed by atoms with Gasteiger partial charge in [0.25, 0.3) is 0 Å². The topological polar surface area (TPSA) is 56.3 Å². The lowest BCUT2D eigenvalue weighted by molar-refractivity contribution is 0.174. The average molecular weight is 391 g/mol. The normalized spacial score (nSPS) is 12.6. The number of nitrogens with zero attached hydrogens (tertiary/aromatic N) is 2. The van der Waals surface area contributed by atoms with Crippen molar-refractivity contribution in [3.8, 4) is 11.5 Å². The van der Waals surface area contributed by atoms with Crippen molar-refractivity contribution in [3.05, 3.63) is 46.3 Å². The van der Waals surface area contributed by atoms with Crippen LogP contribution < -0.4 is 14.8 Å². The largest absolute Gasteiger partial charge is 0.454 e. The van der Waals surface area contributed by atoms with Crippen LogP contribution >= 0.6 is 22.6 Å². The summed E-state index contributed by atoms with van der Waals surface area (Å²) in [5.74, 6) is 2.20. The molecule has 104 valence electrons. The lowest BCUT2D eigenvalue weighted by atomic mass is 10.2. The SMILES string of the molecule is Ic1ccc(Nc2ncnc3cc4c(cc23)OCO4)cc1. The summed E-state index contributed by atoms with van der Waals surface area (Å²) in [5, 5.41) is 4.22. The molecule has 0 unspecified atom stereocenters. The Labute approximate surface area is 134 Å². The van der Waals surface area contributed by atoms with Crippen LogP contribution in [0.4, 0.5) is 11.5 Å². The molecule has 0 atom stereocenters. The van der Waals surface area contributed by atoms with Crippen LogP contribution in [0.1, 0.15) is 0 Å². The van der Waals surface area contributed by atoms with E-state index in [4.69, 9.17) is 9.47 Å². The summed E-state index contributed by atoms with van der Waals surface area (Å²) in [5.41, 5.74) is 1.80. The molecule has 0 saturated carbocycles. The zero-order valence-electron chi connectivity index (χ0n) is 10.8. The van der Waals surface area contributed by atoms with E-state index >= 15 is 0 Å². The molecule has 21 heavy (non-hydrogen) atoms. The van der Waals surface area contributed by atoms with Crippen molar-refractivity contribution in [1.29, 1.82) is 0 Å². The van der Waals surface area contributed by atoms with Gasteiger partial charge in [0.05, 0.1) is 5.52 Å². The molecule has 0 radical (unpaired) electrons. The molecule has 2 aromatic carbocycles. The summed E-state index contributed by atoms with van der Waals surface area (Å²) < 4.78 is 12.0. The van der Waals surface area contributed by atoms with Gasteiger partial charge in [0.1, 0.15) is 12.1 Å². The van der Waals surface area contributed by atoms with Crippen LogP contribution in [0.5, 0.6) is 11.5 Å². The minimum atomic E-state index is 0.249. The highest BCUT2D eigenvalue weighted by atomic mass is 127. The molecule has 1 aromatic heterocycles. The first-order valence-electron chi connectivity index (χ1n) is 6.36. The Kier molecular flexibility index (Phi) is 3.03. The van der Waals surface area contributed by atoms with Crippen LogP contribution in [0.25, 0.3) is 10.9 Å². The lowest BCUT2D eigenvalue weighted by Crippen LogP contribution is -1.96. The van der Waals surface area contributed by atoms with Gasteiger partial charge in [0, 0.05) is 20.7 Å². The average Bonchev–Trinajstić information content (AvgIpc) is 2.95. The maximum atomic E-state index is 5.42. The quantitative estimate of drug-likeness (QED) is 0.676. The second kappa shape index (κ2) is 5.03. The molecule has 1 aliphatic rings. The van der Waals surface area contributed by atoms with Crippen molar-refractivity contribution in [3.63, 3.8) is 0 Å². The molecule has 0 spiro atoms. The highest BCUT2D eigenvalue weighted by molar-refractivity contribution is 14.1. The fraction of sp³-hybridized carbons (Fsp3) is 0.0667. The van der Waals surface area contributed by atoms with E-state index in [-0.39, 0.29) is 6.79 Å². The van der Waals surface area contributed by atoms with Gasteiger partial charge in [-0.1, -0.05) is 0 Å². The van der Waals surface area contributed by atoms with E-state index in [1.807, 2.05) is 36.4 Å². The predicted octanol–water partition coefficient (Wildman–Crippen LogP) is 3.71. The Bertz CT molecular complexity index is 821. The molecular weight excluding hydrogens is 381 g/mol. The third kappa shape index (κ3) is 2.35. The van der Waals surface area contributed by atoms with E-state index in [1.165, 1.54) is 3.57 Å². The van der Waals surface area contributed by atoms with Gasteiger partial charge in [0.15, 0.2) is 11.5 Å². The van der Waals surface area contributed by atoms with Crippen LogP contribution in [-0.4, -0.2) is 16.8 Å². The summed E-state index contributed by atoms with van der Waals surface area (Å²) in [4.78, 5) is 8.62. The number of fused-ring (bicyclic) bond motifs is 2. The maximum Gasteiger partial charge on any atom is 0.231 e. The molecule has 0 aliphatic carbocycles. The van der Waals surface area contributed by atoms with Crippen molar-refractivity contribution in [2.24, 2.45) is 0 Å². The summed E-state index contributed by atoms with van der Waals surface area (Å²) in [6.07, 6.45) is 1.54. The van der Waals surface area contributed by atoms with Crippen LogP contribution in [0.15, 0.2) is 42.7 Å². The van der Waals surface area contributed by atoms with Gasteiger partial charge in [0.2, 0.25) is 6.79 Å². The summed E-state index contributed by atoms with van der Waals surface area (Å²) in [7, 11) is 0. The second-order valence-electron chi connectivity index (χ2n) is 4.58. The van der Waals surface area contributed by atoms with Crippen molar-refractivity contribution in [2.45, 2.75) is 0 Å². The number of ether oxygens (including phenoxy) is 2. The molecule has 4 rings (SSSR count). The number of rotatable bonds is 2. The van der Waals surface area contributed by atoms with Crippen molar-refractivity contribution in [1.82, 2.24) is 9.97 Å². The Morgan fingerprint density at radius 2 is 1.76 bits per heavy atom.